The van der Waals surface area contributed by atoms with Crippen molar-refractivity contribution in [3.8, 4) is 0 Å². The minimum atomic E-state index is -1.21. The number of halogens is 1. The highest BCUT2D eigenvalue weighted by atomic mass is 32.2. The number of aryl methyl sites for hydroxylation is 1. The molecule has 0 aliphatic heterocycles. The van der Waals surface area contributed by atoms with Gasteiger partial charge in [0, 0.05) is 10.6 Å². The molecule has 0 aromatic heterocycles. The highest BCUT2D eigenvalue weighted by Gasteiger charge is 2.19. The molecule has 0 fully saturated rings. The van der Waals surface area contributed by atoms with Crippen molar-refractivity contribution in [2.45, 2.75) is 24.3 Å². The van der Waals surface area contributed by atoms with Crippen LogP contribution >= 0.6 is 11.8 Å². The van der Waals surface area contributed by atoms with Crippen LogP contribution in [0.3, 0.4) is 0 Å². The first-order valence-electron chi connectivity index (χ1n) is 4.51. The molecule has 0 aliphatic rings. The molecule has 1 N–H and O–H groups in total. The van der Waals surface area contributed by atoms with Gasteiger partial charge in [0.15, 0.2) is 0 Å². The smallest absolute Gasteiger partial charge is 0.119 e. The van der Waals surface area contributed by atoms with E-state index in [1.165, 1.54) is 24.2 Å². The van der Waals surface area contributed by atoms with Crippen LogP contribution in [0.5, 0.6) is 0 Å². The molecule has 0 heterocycles. The lowest BCUT2D eigenvalue weighted by atomic mass is 10.2. The zero-order valence-electron chi connectivity index (χ0n) is 8.46. The second-order valence-electron chi connectivity index (χ2n) is 3.73. The van der Waals surface area contributed by atoms with Crippen molar-refractivity contribution in [3.63, 3.8) is 0 Å². The van der Waals surface area contributed by atoms with Crippen molar-refractivity contribution in [3.05, 3.63) is 29.8 Å². The van der Waals surface area contributed by atoms with Crippen LogP contribution in [0.2, 0.25) is 0 Å². The maximum absolute atomic E-state index is 12.3. The van der Waals surface area contributed by atoms with Crippen LogP contribution in [-0.2, 0) is 0 Å². The van der Waals surface area contributed by atoms with Gasteiger partial charge in [-0.15, -0.1) is 11.8 Å². The second-order valence-corrected chi connectivity index (χ2v) is 4.78. The van der Waals surface area contributed by atoms with Crippen molar-refractivity contribution >= 4 is 11.8 Å². The minimum Gasteiger partial charge on any atom is -0.387 e. The average molecular weight is 214 g/mol. The molecule has 1 atom stereocenters. The first-order valence-corrected chi connectivity index (χ1v) is 5.50. The van der Waals surface area contributed by atoms with Crippen molar-refractivity contribution in [1.82, 2.24) is 0 Å². The molecule has 0 saturated carbocycles. The molecular formula is C11H15FOS. The minimum absolute atomic E-state index is 0.382. The third-order valence-electron chi connectivity index (χ3n) is 1.86. The van der Waals surface area contributed by atoms with Crippen molar-refractivity contribution in [2.24, 2.45) is 0 Å². The highest BCUT2D eigenvalue weighted by molar-refractivity contribution is 7.99. The Kier molecular flexibility index (Phi) is 3.96. The Labute approximate surface area is 88.3 Å². The summed E-state index contributed by atoms with van der Waals surface area (Å²) in [4.78, 5) is 1.06. The fourth-order valence-electron chi connectivity index (χ4n) is 0.912. The van der Waals surface area contributed by atoms with E-state index >= 15 is 0 Å². The average Bonchev–Trinajstić information content (AvgIpc) is 2.17. The van der Waals surface area contributed by atoms with Gasteiger partial charge in [0.05, 0.1) is 5.60 Å². The first-order chi connectivity index (χ1) is 6.53. The number of hydrogen-bond donors (Lipinski definition) is 1. The van der Waals surface area contributed by atoms with Crippen LogP contribution in [0.1, 0.15) is 12.5 Å². The molecule has 0 spiro atoms. The zero-order valence-corrected chi connectivity index (χ0v) is 9.27. The van der Waals surface area contributed by atoms with E-state index in [-0.39, 0.29) is 0 Å². The summed E-state index contributed by atoms with van der Waals surface area (Å²) >= 11 is 1.47. The van der Waals surface area contributed by atoms with E-state index in [2.05, 4.69) is 0 Å². The van der Waals surface area contributed by atoms with Crippen molar-refractivity contribution in [1.29, 1.82) is 0 Å². The summed E-state index contributed by atoms with van der Waals surface area (Å²) in [5, 5.41) is 9.44. The summed E-state index contributed by atoms with van der Waals surface area (Å²) in [5.41, 5.74) is -0.0122. The summed E-state index contributed by atoms with van der Waals surface area (Å²) in [7, 11) is 0. The highest BCUT2D eigenvalue weighted by Crippen LogP contribution is 2.23. The Bertz CT molecular complexity index is 282. The standard InChI is InChI=1S/C11H15FOS/c1-9-3-5-10(6-4-9)14-8-11(2,13)7-12/h3-6,13H,7-8H2,1-2H3/t11-/m0/s1. The van der Waals surface area contributed by atoms with E-state index < -0.39 is 12.3 Å². The predicted molar refractivity (Wildman–Crippen MR) is 58.5 cm³/mol. The quantitative estimate of drug-likeness (QED) is 0.778. The Morgan fingerprint density at radius 2 is 1.93 bits per heavy atom. The molecule has 1 nitrogen and oxygen atoms in total. The molecule has 0 radical (unpaired) electrons. The second kappa shape index (κ2) is 4.80. The van der Waals surface area contributed by atoms with Gasteiger partial charge in [-0.2, -0.15) is 0 Å². The molecule has 14 heavy (non-hydrogen) atoms. The van der Waals surface area contributed by atoms with E-state index in [1.54, 1.807) is 0 Å². The molecule has 1 rings (SSSR count). The maximum atomic E-state index is 12.3. The van der Waals surface area contributed by atoms with Gasteiger partial charge in [0.2, 0.25) is 0 Å². The predicted octanol–water partition coefficient (Wildman–Crippen LogP) is 2.81. The Balaban J connectivity index is 2.50. The normalized spacial score (nSPS) is 15.1. The topological polar surface area (TPSA) is 20.2 Å². The van der Waals surface area contributed by atoms with Crippen molar-refractivity contribution in [2.75, 3.05) is 12.4 Å². The van der Waals surface area contributed by atoms with Crippen LogP contribution < -0.4 is 0 Å². The Morgan fingerprint density at radius 3 is 2.43 bits per heavy atom. The zero-order chi connectivity index (χ0) is 10.6. The third-order valence-corrected chi connectivity index (χ3v) is 3.23. The molecule has 0 unspecified atom stereocenters. The van der Waals surface area contributed by atoms with Gasteiger partial charge in [0.25, 0.3) is 0 Å². The number of alkyl halides is 1. The molecule has 0 saturated heterocycles. The molecule has 1 aromatic rings. The lowest BCUT2D eigenvalue weighted by Crippen LogP contribution is -2.29. The lowest BCUT2D eigenvalue weighted by molar-refractivity contribution is 0.0570. The van der Waals surface area contributed by atoms with E-state index in [0.29, 0.717) is 5.75 Å². The largest absolute Gasteiger partial charge is 0.387 e. The maximum Gasteiger partial charge on any atom is 0.119 e. The van der Waals surface area contributed by atoms with Gasteiger partial charge in [-0.1, -0.05) is 17.7 Å². The van der Waals surface area contributed by atoms with E-state index in [9.17, 15) is 9.50 Å². The molecule has 0 amide bonds. The van der Waals surface area contributed by atoms with Crippen LogP contribution in [0.4, 0.5) is 4.39 Å². The van der Waals surface area contributed by atoms with Crippen LogP contribution in [0.25, 0.3) is 0 Å². The van der Waals surface area contributed by atoms with Gasteiger partial charge in [0.1, 0.15) is 6.67 Å². The van der Waals surface area contributed by atoms with E-state index in [0.717, 1.165) is 4.90 Å². The Hall–Kier alpha value is -0.540. The molecular weight excluding hydrogens is 199 g/mol. The summed E-state index contributed by atoms with van der Waals surface area (Å²) in [6.45, 7) is 2.83. The number of hydrogen-bond acceptors (Lipinski definition) is 2. The van der Waals surface area contributed by atoms with E-state index in [4.69, 9.17) is 0 Å². The van der Waals surface area contributed by atoms with Gasteiger partial charge >= 0.3 is 0 Å². The molecule has 1 aromatic carbocycles. The number of aliphatic hydroxyl groups is 1. The summed E-state index contributed by atoms with van der Waals surface area (Å²) in [6.07, 6.45) is 0. The monoisotopic (exact) mass is 214 g/mol. The van der Waals surface area contributed by atoms with Gasteiger partial charge in [-0.25, -0.2) is 4.39 Å². The fourth-order valence-corrected chi connectivity index (χ4v) is 1.80. The number of benzene rings is 1. The molecule has 0 bridgehead atoms. The molecule has 78 valence electrons. The van der Waals surface area contributed by atoms with Crippen molar-refractivity contribution < 1.29 is 9.50 Å². The van der Waals surface area contributed by atoms with E-state index in [1.807, 2.05) is 31.2 Å². The SMILES string of the molecule is Cc1ccc(SC[C@@](C)(O)CF)cc1. The summed E-state index contributed by atoms with van der Waals surface area (Å²) < 4.78 is 12.3. The third kappa shape index (κ3) is 3.68. The molecule has 3 heteroatoms. The summed E-state index contributed by atoms with van der Waals surface area (Å²) in [5.74, 6) is 0.382. The first kappa shape index (κ1) is 11.5. The lowest BCUT2D eigenvalue weighted by Gasteiger charge is -2.18. The van der Waals surface area contributed by atoms with Crippen LogP contribution in [0.15, 0.2) is 29.2 Å². The summed E-state index contributed by atoms with van der Waals surface area (Å²) in [6, 6.07) is 7.97. The Morgan fingerprint density at radius 1 is 1.36 bits per heavy atom. The number of rotatable bonds is 4. The van der Waals surface area contributed by atoms with Crippen LogP contribution in [-0.4, -0.2) is 23.1 Å². The van der Waals surface area contributed by atoms with Crippen LogP contribution in [0, 0.1) is 6.92 Å². The molecule has 0 aliphatic carbocycles. The fraction of sp³-hybridized carbons (Fsp3) is 0.455. The van der Waals surface area contributed by atoms with Gasteiger partial charge < -0.3 is 5.11 Å². The van der Waals surface area contributed by atoms with Gasteiger partial charge in [-0.05, 0) is 26.0 Å². The number of thioether (sulfide) groups is 1. The van der Waals surface area contributed by atoms with Gasteiger partial charge in [-0.3, -0.25) is 0 Å².